The number of methoxy groups -OCH3 is 1. The number of guanidine groups is 1. The van der Waals surface area contributed by atoms with Crippen molar-refractivity contribution in [2.45, 2.75) is 13.8 Å². The van der Waals surface area contributed by atoms with Crippen LogP contribution in [0.3, 0.4) is 0 Å². The van der Waals surface area contributed by atoms with Gasteiger partial charge in [0.1, 0.15) is 0 Å². The highest BCUT2D eigenvalue weighted by atomic mass is 127. The van der Waals surface area contributed by atoms with Gasteiger partial charge in [-0.15, -0.1) is 24.0 Å². The van der Waals surface area contributed by atoms with E-state index in [4.69, 9.17) is 9.47 Å². The van der Waals surface area contributed by atoms with E-state index in [1.54, 1.807) is 14.2 Å². The van der Waals surface area contributed by atoms with Gasteiger partial charge in [-0.1, -0.05) is 12.1 Å². The number of nitrogens with zero attached hydrogens (tertiary/aromatic N) is 2. The quantitative estimate of drug-likeness (QED) is 0.228. The van der Waals surface area contributed by atoms with Gasteiger partial charge in [0.05, 0.1) is 19.8 Å². The number of aliphatic imine (C=N–C) groups is 1. The van der Waals surface area contributed by atoms with Crippen LogP contribution in [0.1, 0.15) is 12.5 Å². The summed E-state index contributed by atoms with van der Waals surface area (Å²) in [5, 5.41) is 6.58. The van der Waals surface area contributed by atoms with E-state index in [1.165, 1.54) is 11.3 Å². The maximum atomic E-state index is 5.42. The fourth-order valence-electron chi connectivity index (χ4n) is 2.31. The number of hydrogen-bond acceptors (Lipinski definition) is 4. The standard InChI is InChI=1S/C18H32N4O2.HI/c1-5-22(17-8-6-7-16(2)15-17)11-9-20-18(19-3)21-10-12-24-14-13-23-4;/h6-8,15H,5,9-14H2,1-4H3,(H2,19,20,21);1H. The summed E-state index contributed by atoms with van der Waals surface area (Å²) >= 11 is 0. The zero-order valence-electron chi connectivity index (χ0n) is 15.9. The first-order valence-corrected chi connectivity index (χ1v) is 8.54. The van der Waals surface area contributed by atoms with Crippen molar-refractivity contribution in [1.29, 1.82) is 0 Å². The van der Waals surface area contributed by atoms with Crippen LogP contribution in [0.15, 0.2) is 29.3 Å². The first kappa shape index (κ1) is 23.9. The molecule has 2 N–H and O–H groups in total. The van der Waals surface area contributed by atoms with E-state index in [2.05, 4.69) is 58.6 Å². The Hall–Kier alpha value is -1.06. The molecule has 0 aliphatic heterocycles. The molecule has 25 heavy (non-hydrogen) atoms. The molecule has 7 heteroatoms. The molecule has 1 aromatic carbocycles. The smallest absolute Gasteiger partial charge is 0.191 e. The molecule has 0 spiro atoms. The molecule has 1 aromatic rings. The van der Waals surface area contributed by atoms with Crippen LogP contribution in [0.5, 0.6) is 0 Å². The summed E-state index contributed by atoms with van der Waals surface area (Å²) < 4.78 is 10.4. The van der Waals surface area contributed by atoms with Crippen molar-refractivity contribution >= 4 is 35.6 Å². The number of halogens is 1. The van der Waals surface area contributed by atoms with Crippen LogP contribution >= 0.6 is 24.0 Å². The average molecular weight is 464 g/mol. The van der Waals surface area contributed by atoms with E-state index in [0.717, 1.165) is 32.1 Å². The number of hydrogen-bond donors (Lipinski definition) is 2. The zero-order valence-corrected chi connectivity index (χ0v) is 18.2. The molecule has 0 unspecified atom stereocenters. The van der Waals surface area contributed by atoms with E-state index in [0.29, 0.717) is 19.8 Å². The van der Waals surface area contributed by atoms with Gasteiger partial charge < -0.3 is 25.0 Å². The Balaban J connectivity index is 0.00000576. The van der Waals surface area contributed by atoms with Gasteiger partial charge in [0.2, 0.25) is 0 Å². The predicted octanol–water partition coefficient (Wildman–Crippen LogP) is 2.27. The average Bonchev–Trinajstić information content (AvgIpc) is 2.59. The molecule has 0 atom stereocenters. The molecule has 0 bridgehead atoms. The molecule has 144 valence electrons. The molecule has 0 aliphatic rings. The van der Waals surface area contributed by atoms with E-state index in [1.807, 2.05) is 0 Å². The lowest BCUT2D eigenvalue weighted by atomic mass is 10.2. The Morgan fingerprint density at radius 2 is 1.92 bits per heavy atom. The van der Waals surface area contributed by atoms with E-state index >= 15 is 0 Å². The molecule has 0 saturated heterocycles. The topological polar surface area (TPSA) is 58.1 Å². The summed E-state index contributed by atoms with van der Waals surface area (Å²) in [5.74, 6) is 0.797. The van der Waals surface area contributed by atoms with Crippen molar-refractivity contribution in [2.24, 2.45) is 4.99 Å². The normalized spacial score (nSPS) is 11.0. The third-order valence-electron chi connectivity index (χ3n) is 3.62. The summed E-state index contributed by atoms with van der Waals surface area (Å²) in [6.45, 7) is 9.61. The second kappa shape index (κ2) is 15.2. The summed E-state index contributed by atoms with van der Waals surface area (Å²) in [6.07, 6.45) is 0. The van der Waals surface area contributed by atoms with Crippen molar-refractivity contribution in [3.05, 3.63) is 29.8 Å². The number of ether oxygens (including phenoxy) is 2. The number of aryl methyl sites for hydroxylation is 1. The van der Waals surface area contributed by atoms with Crippen LogP contribution in [0.25, 0.3) is 0 Å². The van der Waals surface area contributed by atoms with Gasteiger partial charge in [-0.25, -0.2) is 0 Å². The van der Waals surface area contributed by atoms with Crippen molar-refractivity contribution < 1.29 is 9.47 Å². The summed E-state index contributed by atoms with van der Waals surface area (Å²) in [5.41, 5.74) is 2.54. The van der Waals surface area contributed by atoms with Crippen LogP contribution in [-0.2, 0) is 9.47 Å². The van der Waals surface area contributed by atoms with Gasteiger partial charge >= 0.3 is 0 Å². The predicted molar refractivity (Wildman–Crippen MR) is 117 cm³/mol. The summed E-state index contributed by atoms with van der Waals surface area (Å²) in [4.78, 5) is 6.58. The molecule has 1 rings (SSSR count). The highest BCUT2D eigenvalue weighted by molar-refractivity contribution is 14.0. The number of rotatable bonds is 11. The lowest BCUT2D eigenvalue weighted by molar-refractivity contribution is 0.0733. The monoisotopic (exact) mass is 464 g/mol. The third kappa shape index (κ3) is 10.5. The zero-order chi connectivity index (χ0) is 17.6. The van der Waals surface area contributed by atoms with Gasteiger partial charge in [0.15, 0.2) is 5.96 Å². The molecule has 6 nitrogen and oxygen atoms in total. The lowest BCUT2D eigenvalue weighted by Gasteiger charge is -2.24. The molecule has 0 aromatic heterocycles. The van der Waals surface area contributed by atoms with Crippen molar-refractivity contribution in [2.75, 3.05) is 65.1 Å². The second-order valence-corrected chi connectivity index (χ2v) is 5.45. The van der Waals surface area contributed by atoms with Crippen LogP contribution in [0, 0.1) is 6.92 Å². The van der Waals surface area contributed by atoms with Gasteiger partial charge in [-0.05, 0) is 31.5 Å². The van der Waals surface area contributed by atoms with Gasteiger partial charge in [0.25, 0.3) is 0 Å². The minimum absolute atomic E-state index is 0. The lowest BCUT2D eigenvalue weighted by Crippen LogP contribution is -2.42. The Morgan fingerprint density at radius 3 is 2.56 bits per heavy atom. The maximum Gasteiger partial charge on any atom is 0.191 e. The van der Waals surface area contributed by atoms with Gasteiger partial charge in [-0.2, -0.15) is 0 Å². The number of anilines is 1. The molecule has 0 saturated carbocycles. The largest absolute Gasteiger partial charge is 0.382 e. The highest BCUT2D eigenvalue weighted by Gasteiger charge is 2.04. The summed E-state index contributed by atoms with van der Waals surface area (Å²) in [7, 11) is 3.45. The highest BCUT2D eigenvalue weighted by Crippen LogP contribution is 2.14. The molecule has 0 radical (unpaired) electrons. The fourth-order valence-corrected chi connectivity index (χ4v) is 2.31. The van der Waals surface area contributed by atoms with E-state index in [-0.39, 0.29) is 24.0 Å². The number of benzene rings is 1. The van der Waals surface area contributed by atoms with Crippen LogP contribution in [-0.4, -0.2) is 66.1 Å². The molecule has 0 aliphatic carbocycles. The molecule has 0 amide bonds. The minimum atomic E-state index is 0. The fraction of sp³-hybridized carbons (Fsp3) is 0.611. The number of likely N-dealkylation sites (N-methyl/N-ethyl adjacent to an activating group) is 1. The SMILES string of the molecule is CCN(CCNC(=NC)NCCOCCOC)c1cccc(C)c1.I. The van der Waals surface area contributed by atoms with Crippen LogP contribution in [0.4, 0.5) is 5.69 Å². The second-order valence-electron chi connectivity index (χ2n) is 5.45. The maximum absolute atomic E-state index is 5.42. The summed E-state index contributed by atoms with van der Waals surface area (Å²) in [6, 6.07) is 8.59. The third-order valence-corrected chi connectivity index (χ3v) is 3.62. The molecular weight excluding hydrogens is 431 g/mol. The molecule has 0 fully saturated rings. The van der Waals surface area contributed by atoms with Crippen molar-refractivity contribution in [3.63, 3.8) is 0 Å². The van der Waals surface area contributed by atoms with E-state index in [9.17, 15) is 0 Å². The molecular formula is C18H33IN4O2. The molecule has 0 heterocycles. The first-order valence-electron chi connectivity index (χ1n) is 8.54. The minimum Gasteiger partial charge on any atom is -0.382 e. The Labute approximate surface area is 169 Å². The van der Waals surface area contributed by atoms with Crippen molar-refractivity contribution in [3.8, 4) is 0 Å². The van der Waals surface area contributed by atoms with Crippen LogP contribution < -0.4 is 15.5 Å². The van der Waals surface area contributed by atoms with Gasteiger partial charge in [0, 0.05) is 46.0 Å². The first-order chi connectivity index (χ1) is 11.7. The van der Waals surface area contributed by atoms with Gasteiger partial charge in [-0.3, -0.25) is 4.99 Å². The van der Waals surface area contributed by atoms with E-state index < -0.39 is 0 Å². The van der Waals surface area contributed by atoms with Crippen LogP contribution in [0.2, 0.25) is 0 Å². The van der Waals surface area contributed by atoms with Crippen molar-refractivity contribution in [1.82, 2.24) is 10.6 Å². The Kier molecular flexibility index (Phi) is 14.6. The Bertz CT molecular complexity index is 486. The number of nitrogens with one attached hydrogen (secondary N) is 2. The Morgan fingerprint density at radius 1 is 1.16 bits per heavy atom.